The first-order valence-corrected chi connectivity index (χ1v) is 6.39. The molecule has 0 bridgehead atoms. The molecule has 1 aromatic heterocycles. The van der Waals surface area contributed by atoms with Gasteiger partial charge in [0.2, 0.25) is 0 Å². The summed E-state index contributed by atoms with van der Waals surface area (Å²) in [6.07, 6.45) is 1.27. The smallest absolute Gasteiger partial charge is 0.272 e. The Hall–Kier alpha value is -1.62. The summed E-state index contributed by atoms with van der Waals surface area (Å²) in [7, 11) is 0. The van der Waals surface area contributed by atoms with Crippen molar-refractivity contribution in [1.29, 1.82) is 0 Å². The fourth-order valence-corrected chi connectivity index (χ4v) is 1.99. The summed E-state index contributed by atoms with van der Waals surface area (Å²) in [5, 5.41) is 12.6. The molecule has 2 N–H and O–H groups in total. The maximum absolute atomic E-state index is 12.1. The van der Waals surface area contributed by atoms with Gasteiger partial charge in [0.15, 0.2) is 0 Å². The Kier molecular flexibility index (Phi) is 4.15. The van der Waals surface area contributed by atoms with Gasteiger partial charge in [0.1, 0.15) is 11.5 Å². The Labute approximate surface area is 107 Å². The van der Waals surface area contributed by atoms with E-state index in [-0.39, 0.29) is 5.91 Å². The summed E-state index contributed by atoms with van der Waals surface area (Å²) in [5.41, 5.74) is 0.435. The molecule has 1 aliphatic heterocycles. The third kappa shape index (κ3) is 2.98. The van der Waals surface area contributed by atoms with E-state index >= 15 is 0 Å². The molecule has 2 rings (SSSR count). The molecular formula is C13H19N3O2. The van der Waals surface area contributed by atoms with Crippen LogP contribution in [0, 0.1) is 0 Å². The number of nitrogens with zero attached hydrogens (tertiary/aromatic N) is 2. The zero-order chi connectivity index (χ0) is 13.0. The highest BCUT2D eigenvalue weighted by Gasteiger charge is 2.26. The van der Waals surface area contributed by atoms with Crippen LogP contribution in [0.1, 0.15) is 30.3 Å². The Bertz CT molecular complexity index is 422. The third-order valence-electron chi connectivity index (χ3n) is 2.97. The molecule has 0 saturated carbocycles. The fourth-order valence-electron chi connectivity index (χ4n) is 1.99. The normalized spacial score (nSPS) is 19.0. The van der Waals surface area contributed by atoms with Crippen molar-refractivity contribution >= 4 is 11.7 Å². The molecule has 1 fully saturated rings. The van der Waals surface area contributed by atoms with Crippen LogP contribution in [-0.4, -0.2) is 46.6 Å². The second-order valence-electron chi connectivity index (χ2n) is 4.53. The van der Waals surface area contributed by atoms with Gasteiger partial charge in [-0.15, -0.1) is 0 Å². The summed E-state index contributed by atoms with van der Waals surface area (Å²) >= 11 is 0. The molecule has 5 nitrogen and oxygen atoms in total. The molecule has 1 aliphatic rings. The monoisotopic (exact) mass is 249 g/mol. The van der Waals surface area contributed by atoms with Crippen molar-refractivity contribution in [3.63, 3.8) is 0 Å². The molecule has 1 saturated heterocycles. The summed E-state index contributed by atoms with van der Waals surface area (Å²) in [5.74, 6) is 0.620. The topological polar surface area (TPSA) is 65.5 Å². The van der Waals surface area contributed by atoms with Crippen LogP contribution in [0.4, 0.5) is 5.82 Å². The molecule has 0 spiro atoms. The van der Waals surface area contributed by atoms with E-state index < -0.39 is 6.10 Å². The van der Waals surface area contributed by atoms with Crippen molar-refractivity contribution in [1.82, 2.24) is 9.88 Å². The van der Waals surface area contributed by atoms with E-state index in [1.807, 2.05) is 12.1 Å². The number of hydrogen-bond acceptors (Lipinski definition) is 4. The molecule has 1 amide bonds. The molecular weight excluding hydrogens is 230 g/mol. The molecule has 98 valence electrons. The number of carbonyl (C=O) groups is 1. The lowest BCUT2D eigenvalue weighted by molar-refractivity contribution is 0.0759. The Balaban J connectivity index is 2.05. The average Bonchev–Trinajstić information content (AvgIpc) is 2.82. The van der Waals surface area contributed by atoms with Crippen LogP contribution < -0.4 is 5.32 Å². The molecule has 0 radical (unpaired) electrons. The van der Waals surface area contributed by atoms with Crippen molar-refractivity contribution in [2.45, 2.75) is 25.9 Å². The molecule has 5 heteroatoms. The van der Waals surface area contributed by atoms with Gasteiger partial charge in [0, 0.05) is 19.6 Å². The van der Waals surface area contributed by atoms with E-state index in [2.05, 4.69) is 17.2 Å². The lowest BCUT2D eigenvalue weighted by atomic mass is 10.3. The van der Waals surface area contributed by atoms with Crippen LogP contribution in [0.25, 0.3) is 0 Å². The van der Waals surface area contributed by atoms with Crippen LogP contribution >= 0.6 is 0 Å². The van der Waals surface area contributed by atoms with Crippen molar-refractivity contribution in [3.8, 4) is 0 Å². The van der Waals surface area contributed by atoms with Gasteiger partial charge in [-0.25, -0.2) is 4.98 Å². The van der Waals surface area contributed by atoms with Crippen molar-refractivity contribution in [3.05, 3.63) is 23.9 Å². The number of aliphatic hydroxyl groups is 1. The van der Waals surface area contributed by atoms with E-state index in [9.17, 15) is 9.90 Å². The number of hydrogen-bond donors (Lipinski definition) is 2. The van der Waals surface area contributed by atoms with Gasteiger partial charge >= 0.3 is 0 Å². The number of aliphatic hydroxyl groups excluding tert-OH is 1. The number of pyridine rings is 1. The zero-order valence-corrected chi connectivity index (χ0v) is 10.6. The predicted molar refractivity (Wildman–Crippen MR) is 69.5 cm³/mol. The number of anilines is 1. The largest absolute Gasteiger partial charge is 0.391 e. The van der Waals surface area contributed by atoms with Gasteiger partial charge in [0.25, 0.3) is 5.91 Å². The van der Waals surface area contributed by atoms with Crippen LogP contribution in [0.2, 0.25) is 0 Å². The highest BCUT2D eigenvalue weighted by molar-refractivity contribution is 5.92. The molecule has 18 heavy (non-hydrogen) atoms. The van der Waals surface area contributed by atoms with Crippen LogP contribution in [-0.2, 0) is 0 Å². The Morgan fingerprint density at radius 3 is 3.11 bits per heavy atom. The third-order valence-corrected chi connectivity index (χ3v) is 2.97. The van der Waals surface area contributed by atoms with Gasteiger partial charge in [0.05, 0.1) is 6.10 Å². The molecule has 1 unspecified atom stereocenters. The molecule has 1 aromatic rings. The van der Waals surface area contributed by atoms with Gasteiger partial charge in [-0.3, -0.25) is 4.79 Å². The van der Waals surface area contributed by atoms with E-state index in [1.54, 1.807) is 11.0 Å². The summed E-state index contributed by atoms with van der Waals surface area (Å²) in [4.78, 5) is 18.1. The Morgan fingerprint density at radius 2 is 2.44 bits per heavy atom. The number of nitrogens with one attached hydrogen (secondary N) is 1. The SMILES string of the molecule is CCCNc1cccc(C(=O)N2CCC(O)C2)n1. The predicted octanol–water partition coefficient (Wildman–Crippen LogP) is 1.11. The average molecular weight is 249 g/mol. The standard InChI is InChI=1S/C13H19N3O2/c1-2-7-14-12-5-3-4-11(15-12)13(18)16-8-6-10(17)9-16/h3-5,10,17H,2,6-9H2,1H3,(H,14,15). The summed E-state index contributed by atoms with van der Waals surface area (Å²) in [6.45, 7) is 3.93. The van der Waals surface area contributed by atoms with E-state index in [0.717, 1.165) is 18.8 Å². The minimum Gasteiger partial charge on any atom is -0.391 e. The Morgan fingerprint density at radius 1 is 1.61 bits per heavy atom. The molecule has 0 aromatic carbocycles. The number of rotatable bonds is 4. The minimum absolute atomic E-state index is 0.105. The molecule has 1 atom stereocenters. The first-order valence-electron chi connectivity index (χ1n) is 6.39. The van der Waals surface area contributed by atoms with Crippen LogP contribution in [0.3, 0.4) is 0 Å². The highest BCUT2D eigenvalue weighted by Crippen LogP contribution is 2.13. The molecule has 2 heterocycles. The zero-order valence-electron chi connectivity index (χ0n) is 10.6. The summed E-state index contributed by atoms with van der Waals surface area (Å²) < 4.78 is 0. The van der Waals surface area contributed by atoms with Gasteiger partial charge < -0.3 is 15.3 Å². The number of likely N-dealkylation sites (tertiary alicyclic amines) is 1. The first-order chi connectivity index (χ1) is 8.70. The van der Waals surface area contributed by atoms with E-state index in [0.29, 0.717) is 25.2 Å². The lowest BCUT2D eigenvalue weighted by Crippen LogP contribution is -2.30. The maximum Gasteiger partial charge on any atom is 0.272 e. The molecule has 0 aliphatic carbocycles. The van der Waals surface area contributed by atoms with E-state index in [4.69, 9.17) is 0 Å². The maximum atomic E-state index is 12.1. The number of β-amino-alcohol motifs (C(OH)–C–C–N with tert-alkyl or cyclic N) is 1. The fraction of sp³-hybridized carbons (Fsp3) is 0.538. The quantitative estimate of drug-likeness (QED) is 0.839. The second-order valence-corrected chi connectivity index (χ2v) is 4.53. The van der Waals surface area contributed by atoms with Crippen molar-refractivity contribution < 1.29 is 9.90 Å². The first kappa shape index (κ1) is 12.8. The van der Waals surface area contributed by atoms with Crippen molar-refractivity contribution in [2.75, 3.05) is 25.0 Å². The van der Waals surface area contributed by atoms with E-state index in [1.165, 1.54) is 0 Å². The van der Waals surface area contributed by atoms with Crippen molar-refractivity contribution in [2.24, 2.45) is 0 Å². The van der Waals surface area contributed by atoms with Gasteiger partial charge in [-0.2, -0.15) is 0 Å². The minimum atomic E-state index is -0.393. The second kappa shape index (κ2) is 5.82. The number of amides is 1. The lowest BCUT2D eigenvalue weighted by Gasteiger charge is -2.15. The van der Waals surface area contributed by atoms with Crippen LogP contribution in [0.15, 0.2) is 18.2 Å². The highest BCUT2D eigenvalue weighted by atomic mass is 16.3. The van der Waals surface area contributed by atoms with Gasteiger partial charge in [-0.05, 0) is 25.0 Å². The van der Waals surface area contributed by atoms with Gasteiger partial charge in [-0.1, -0.05) is 13.0 Å². The summed E-state index contributed by atoms with van der Waals surface area (Å²) in [6, 6.07) is 5.39. The number of carbonyl (C=O) groups excluding carboxylic acids is 1. The van der Waals surface area contributed by atoms with Crippen LogP contribution in [0.5, 0.6) is 0 Å². The number of aromatic nitrogens is 1.